The molecule has 1 fully saturated rings. The van der Waals surface area contributed by atoms with Crippen LogP contribution in [0.5, 0.6) is 11.5 Å². The molecule has 1 aliphatic rings. The lowest BCUT2D eigenvalue weighted by atomic mass is 10.2. The van der Waals surface area contributed by atoms with Crippen molar-refractivity contribution >= 4 is 23.3 Å². The fraction of sp³-hybridized carbons (Fsp3) is 0.333. The van der Waals surface area contributed by atoms with Crippen molar-refractivity contribution in [3.8, 4) is 11.5 Å². The normalized spacial score (nSPS) is 16.3. The van der Waals surface area contributed by atoms with E-state index in [0.29, 0.717) is 24.6 Å². The quantitative estimate of drug-likeness (QED) is 0.803. The fourth-order valence-electron chi connectivity index (χ4n) is 2.69. The lowest BCUT2D eigenvalue weighted by Gasteiger charge is -2.20. The first-order valence-corrected chi connectivity index (χ1v) is 8.94. The molecular weight excluding hydrogens is 356 g/mol. The third-order valence-corrected chi connectivity index (χ3v) is 4.92. The Balaban J connectivity index is 1.64. The first-order chi connectivity index (χ1) is 12.6. The van der Waals surface area contributed by atoms with Crippen molar-refractivity contribution in [3.63, 3.8) is 0 Å². The highest BCUT2D eigenvalue weighted by Gasteiger charge is 2.38. The summed E-state index contributed by atoms with van der Waals surface area (Å²) < 4.78 is 15.5. The van der Waals surface area contributed by atoms with Gasteiger partial charge in [-0.1, -0.05) is 6.07 Å². The van der Waals surface area contributed by atoms with Crippen LogP contribution in [-0.4, -0.2) is 43.8 Å². The lowest BCUT2D eigenvalue weighted by Crippen LogP contribution is -2.45. The number of rotatable bonds is 7. The lowest BCUT2D eigenvalue weighted by molar-refractivity contribution is -0.125. The van der Waals surface area contributed by atoms with Crippen molar-refractivity contribution in [2.45, 2.75) is 19.1 Å². The summed E-state index contributed by atoms with van der Waals surface area (Å²) in [6, 6.07) is 8.60. The molecule has 1 saturated heterocycles. The van der Waals surface area contributed by atoms with E-state index in [1.54, 1.807) is 20.3 Å². The monoisotopic (exact) mass is 376 g/mol. The van der Waals surface area contributed by atoms with Crippen LogP contribution in [0.2, 0.25) is 0 Å². The maximum Gasteiger partial charge on any atom is 0.410 e. The molecule has 8 heteroatoms. The van der Waals surface area contributed by atoms with Gasteiger partial charge in [-0.2, -0.15) is 0 Å². The van der Waals surface area contributed by atoms with Gasteiger partial charge in [0.2, 0.25) is 5.91 Å². The number of carbonyl (C=O) groups excluding carboxylic acids is 2. The number of hydrogen-bond donors (Lipinski definition) is 1. The summed E-state index contributed by atoms with van der Waals surface area (Å²) in [6.07, 6.45) is -0.471. The third kappa shape index (κ3) is 4.08. The Morgan fingerprint density at radius 3 is 2.65 bits per heavy atom. The molecule has 2 amide bonds. The molecule has 26 heavy (non-hydrogen) atoms. The van der Waals surface area contributed by atoms with Crippen LogP contribution in [0.15, 0.2) is 35.7 Å². The Labute approximate surface area is 155 Å². The summed E-state index contributed by atoms with van der Waals surface area (Å²) in [5.41, 5.74) is 0.838. The van der Waals surface area contributed by atoms with Crippen LogP contribution in [0.4, 0.5) is 4.79 Å². The van der Waals surface area contributed by atoms with Crippen LogP contribution in [-0.2, 0) is 22.6 Å². The largest absolute Gasteiger partial charge is 0.497 e. The van der Waals surface area contributed by atoms with Crippen molar-refractivity contribution in [2.24, 2.45) is 0 Å². The molecule has 0 radical (unpaired) electrons. The number of amides is 2. The summed E-state index contributed by atoms with van der Waals surface area (Å²) >= 11 is 1.54. The van der Waals surface area contributed by atoms with Crippen molar-refractivity contribution < 1.29 is 23.8 Å². The van der Waals surface area contributed by atoms with E-state index in [1.807, 2.05) is 29.6 Å². The Bertz CT molecular complexity index is 756. The molecule has 0 spiro atoms. The standard InChI is InChI=1S/C18H20N2O5S/c1-23-13-6-12(7-14(8-13)24-2)9-19-17(21)16-11-25-18(22)20(16)10-15-4-3-5-26-15/h3-8,16H,9-11H2,1-2H3,(H,19,21)/t16-/m0/s1. The number of benzene rings is 1. The van der Waals surface area contributed by atoms with Crippen LogP contribution in [0, 0.1) is 0 Å². The van der Waals surface area contributed by atoms with E-state index in [1.165, 1.54) is 16.2 Å². The highest BCUT2D eigenvalue weighted by molar-refractivity contribution is 7.09. The Morgan fingerprint density at radius 1 is 1.31 bits per heavy atom. The highest BCUT2D eigenvalue weighted by atomic mass is 32.1. The average molecular weight is 376 g/mol. The SMILES string of the molecule is COc1cc(CNC(=O)[C@@H]2COC(=O)N2Cc2cccs2)cc(OC)c1. The Kier molecular flexibility index (Phi) is 5.62. The van der Waals surface area contributed by atoms with Gasteiger partial charge in [-0.15, -0.1) is 11.3 Å². The van der Waals surface area contributed by atoms with Gasteiger partial charge >= 0.3 is 6.09 Å². The van der Waals surface area contributed by atoms with Crippen molar-refractivity contribution in [1.82, 2.24) is 10.2 Å². The van der Waals surface area contributed by atoms with E-state index < -0.39 is 12.1 Å². The van der Waals surface area contributed by atoms with Gasteiger partial charge in [0, 0.05) is 17.5 Å². The van der Waals surface area contributed by atoms with Crippen LogP contribution in [0.3, 0.4) is 0 Å². The summed E-state index contributed by atoms with van der Waals surface area (Å²) in [7, 11) is 3.14. The second-order valence-corrected chi connectivity index (χ2v) is 6.77. The molecule has 1 aromatic heterocycles. The van der Waals surface area contributed by atoms with Gasteiger partial charge in [0.15, 0.2) is 0 Å². The highest BCUT2D eigenvalue weighted by Crippen LogP contribution is 2.23. The predicted octanol–water partition coefficient (Wildman–Crippen LogP) is 2.40. The zero-order valence-corrected chi connectivity index (χ0v) is 15.4. The van der Waals surface area contributed by atoms with Gasteiger partial charge in [0.25, 0.3) is 0 Å². The molecule has 3 rings (SSSR count). The second kappa shape index (κ2) is 8.09. The van der Waals surface area contributed by atoms with Crippen LogP contribution in [0.1, 0.15) is 10.4 Å². The predicted molar refractivity (Wildman–Crippen MR) is 96.4 cm³/mol. The molecule has 1 atom stereocenters. The van der Waals surface area contributed by atoms with Gasteiger partial charge in [-0.25, -0.2) is 4.79 Å². The average Bonchev–Trinajstić information content (AvgIpc) is 3.30. The number of hydrogen-bond acceptors (Lipinski definition) is 6. The Morgan fingerprint density at radius 2 is 2.04 bits per heavy atom. The minimum Gasteiger partial charge on any atom is -0.497 e. The zero-order valence-electron chi connectivity index (χ0n) is 14.6. The van der Waals surface area contributed by atoms with Crippen molar-refractivity contribution in [2.75, 3.05) is 20.8 Å². The molecule has 138 valence electrons. The van der Waals surface area contributed by atoms with E-state index in [-0.39, 0.29) is 12.5 Å². The molecule has 0 unspecified atom stereocenters. The van der Waals surface area contributed by atoms with Gasteiger partial charge in [-0.3, -0.25) is 9.69 Å². The number of ether oxygens (including phenoxy) is 3. The van der Waals surface area contributed by atoms with Gasteiger partial charge in [0.1, 0.15) is 24.1 Å². The molecule has 0 aliphatic carbocycles. The number of carbonyl (C=O) groups is 2. The van der Waals surface area contributed by atoms with E-state index in [4.69, 9.17) is 14.2 Å². The van der Waals surface area contributed by atoms with E-state index in [0.717, 1.165) is 10.4 Å². The van der Waals surface area contributed by atoms with Crippen LogP contribution < -0.4 is 14.8 Å². The number of methoxy groups -OCH3 is 2. The van der Waals surface area contributed by atoms with Crippen LogP contribution in [0.25, 0.3) is 0 Å². The van der Waals surface area contributed by atoms with E-state index in [9.17, 15) is 9.59 Å². The number of thiophene rings is 1. The number of cyclic esters (lactones) is 1. The van der Waals surface area contributed by atoms with Crippen molar-refractivity contribution in [1.29, 1.82) is 0 Å². The topological polar surface area (TPSA) is 77.1 Å². The minimum absolute atomic E-state index is 0.0530. The number of nitrogens with one attached hydrogen (secondary N) is 1. The van der Waals surface area contributed by atoms with Crippen molar-refractivity contribution in [3.05, 3.63) is 46.2 Å². The summed E-state index contributed by atoms with van der Waals surface area (Å²) in [6.45, 7) is 0.711. The maximum atomic E-state index is 12.6. The fourth-order valence-corrected chi connectivity index (χ4v) is 3.39. The maximum absolute atomic E-state index is 12.6. The second-order valence-electron chi connectivity index (χ2n) is 5.74. The molecule has 0 saturated carbocycles. The van der Waals surface area contributed by atoms with Gasteiger partial charge < -0.3 is 19.5 Å². The molecule has 2 aromatic rings. The molecule has 7 nitrogen and oxygen atoms in total. The van der Waals surface area contributed by atoms with E-state index in [2.05, 4.69) is 5.32 Å². The van der Waals surface area contributed by atoms with Gasteiger partial charge in [0.05, 0.1) is 20.8 Å². The Hall–Kier alpha value is -2.74. The molecule has 1 N–H and O–H groups in total. The summed E-state index contributed by atoms with van der Waals surface area (Å²) in [4.78, 5) is 27.0. The van der Waals surface area contributed by atoms with Crippen LogP contribution >= 0.6 is 11.3 Å². The zero-order chi connectivity index (χ0) is 18.5. The molecule has 2 heterocycles. The summed E-state index contributed by atoms with van der Waals surface area (Å²) in [5, 5.41) is 4.79. The molecule has 1 aromatic carbocycles. The molecule has 0 bridgehead atoms. The summed E-state index contributed by atoms with van der Waals surface area (Å²) in [5.74, 6) is 1.04. The van der Waals surface area contributed by atoms with Gasteiger partial charge in [-0.05, 0) is 29.1 Å². The van der Waals surface area contributed by atoms with E-state index >= 15 is 0 Å². The number of nitrogens with zero attached hydrogens (tertiary/aromatic N) is 1. The molecule has 1 aliphatic heterocycles. The first-order valence-electron chi connectivity index (χ1n) is 8.06. The minimum atomic E-state index is -0.642. The first kappa shape index (κ1) is 18.1. The molecular formula is C18H20N2O5S. The smallest absolute Gasteiger partial charge is 0.410 e. The third-order valence-electron chi connectivity index (χ3n) is 4.06.